The monoisotopic (exact) mass is 392 g/mol. The number of halogens is 3. The summed E-state index contributed by atoms with van der Waals surface area (Å²) in [5.74, 6) is -3.50. The zero-order chi connectivity index (χ0) is 20.0. The molecular formula is C18H15F3N4O3. The Morgan fingerprint density at radius 2 is 2.00 bits per heavy atom. The second-order valence-electron chi connectivity index (χ2n) is 6.55. The maximum Gasteiger partial charge on any atom is 0.322 e. The number of aryl methyl sites for hydroxylation is 1. The van der Waals surface area contributed by atoms with Crippen molar-refractivity contribution in [3.05, 3.63) is 53.0 Å². The Labute approximate surface area is 157 Å². The lowest BCUT2D eigenvalue weighted by Crippen LogP contribution is -2.44. The first-order chi connectivity index (χ1) is 13.3. The van der Waals surface area contributed by atoms with Crippen LogP contribution in [-0.4, -0.2) is 27.1 Å². The summed E-state index contributed by atoms with van der Waals surface area (Å²) in [7, 11) is 0. The molecule has 0 spiro atoms. The molecule has 10 heteroatoms. The van der Waals surface area contributed by atoms with Crippen molar-refractivity contribution in [2.75, 3.05) is 5.32 Å². The van der Waals surface area contributed by atoms with Gasteiger partial charge in [-0.05, 0) is 6.92 Å². The first-order valence-electron chi connectivity index (χ1n) is 8.45. The largest absolute Gasteiger partial charge is 0.449 e. The van der Waals surface area contributed by atoms with Crippen LogP contribution in [0.3, 0.4) is 0 Å². The normalized spacial score (nSPS) is 16.2. The van der Waals surface area contributed by atoms with Crippen molar-refractivity contribution in [1.82, 2.24) is 15.0 Å². The van der Waals surface area contributed by atoms with Crippen LogP contribution < -0.4 is 5.32 Å². The number of oxazole rings is 1. The molecule has 1 N–H and O–H groups in total. The van der Waals surface area contributed by atoms with Crippen molar-refractivity contribution in [1.29, 1.82) is 0 Å². The van der Waals surface area contributed by atoms with E-state index in [0.717, 1.165) is 12.1 Å². The minimum Gasteiger partial charge on any atom is -0.449 e. The van der Waals surface area contributed by atoms with Gasteiger partial charge in [0.1, 0.15) is 12.0 Å². The van der Waals surface area contributed by atoms with Crippen LogP contribution in [0.25, 0.3) is 11.5 Å². The van der Waals surface area contributed by atoms with Gasteiger partial charge < -0.3 is 19.2 Å². The van der Waals surface area contributed by atoms with E-state index in [1.165, 1.54) is 11.2 Å². The van der Waals surface area contributed by atoms with Crippen molar-refractivity contribution in [2.24, 2.45) is 0 Å². The molecule has 7 nitrogen and oxygen atoms in total. The van der Waals surface area contributed by atoms with Crippen LogP contribution in [-0.2, 0) is 13.0 Å². The summed E-state index contributed by atoms with van der Waals surface area (Å²) in [6.45, 7) is 3.65. The Bertz CT molecular complexity index is 1040. The second kappa shape index (κ2) is 6.70. The first kappa shape index (κ1) is 18.1. The topological polar surface area (TPSA) is 84.4 Å². The van der Waals surface area contributed by atoms with Gasteiger partial charge in [-0.2, -0.15) is 0 Å². The fourth-order valence-electron chi connectivity index (χ4n) is 3.15. The number of rotatable bonds is 2. The van der Waals surface area contributed by atoms with E-state index >= 15 is 0 Å². The number of hydrogen-bond donors (Lipinski definition) is 1. The predicted octanol–water partition coefficient (Wildman–Crippen LogP) is 4.03. The fraction of sp³-hybridized carbons (Fsp3) is 0.278. The Kier molecular flexibility index (Phi) is 4.33. The molecule has 2 aromatic heterocycles. The predicted molar refractivity (Wildman–Crippen MR) is 90.8 cm³/mol. The number of aromatic nitrogens is 2. The number of amides is 2. The molecule has 2 amide bonds. The summed E-state index contributed by atoms with van der Waals surface area (Å²) in [4.78, 5) is 18.3. The molecule has 1 aliphatic rings. The summed E-state index contributed by atoms with van der Waals surface area (Å²) in [5, 5.41) is 6.44. The number of carbonyl (C=O) groups is 1. The Morgan fingerprint density at radius 1 is 1.29 bits per heavy atom. The molecule has 0 saturated carbocycles. The van der Waals surface area contributed by atoms with Crippen LogP contribution in [0.1, 0.15) is 24.1 Å². The molecule has 0 unspecified atom stereocenters. The lowest BCUT2D eigenvalue weighted by molar-refractivity contribution is 0.182. The van der Waals surface area contributed by atoms with Gasteiger partial charge in [0, 0.05) is 42.8 Å². The van der Waals surface area contributed by atoms with E-state index in [0.29, 0.717) is 35.0 Å². The van der Waals surface area contributed by atoms with Crippen molar-refractivity contribution >= 4 is 11.7 Å². The number of urea groups is 1. The molecule has 0 fully saturated rings. The molecule has 1 atom stereocenters. The van der Waals surface area contributed by atoms with Crippen LogP contribution in [0.15, 0.2) is 27.3 Å². The van der Waals surface area contributed by atoms with E-state index in [9.17, 15) is 18.0 Å². The highest BCUT2D eigenvalue weighted by Gasteiger charge is 2.33. The lowest BCUT2D eigenvalue weighted by Gasteiger charge is -2.32. The summed E-state index contributed by atoms with van der Waals surface area (Å²) >= 11 is 0. The number of hydrogen-bond acceptors (Lipinski definition) is 5. The van der Waals surface area contributed by atoms with Crippen LogP contribution in [0.5, 0.6) is 0 Å². The number of nitrogens with zero attached hydrogens (tertiary/aromatic N) is 3. The van der Waals surface area contributed by atoms with Crippen LogP contribution >= 0.6 is 0 Å². The molecule has 0 aliphatic carbocycles. The van der Waals surface area contributed by atoms with Gasteiger partial charge >= 0.3 is 6.03 Å². The van der Waals surface area contributed by atoms with Crippen molar-refractivity contribution in [3.63, 3.8) is 0 Å². The molecule has 28 heavy (non-hydrogen) atoms. The fourth-order valence-corrected chi connectivity index (χ4v) is 3.15. The number of carbonyl (C=O) groups excluding carboxylic acids is 1. The van der Waals surface area contributed by atoms with E-state index in [1.807, 2.05) is 6.92 Å². The van der Waals surface area contributed by atoms with Crippen LogP contribution in [0.4, 0.5) is 23.7 Å². The summed E-state index contributed by atoms with van der Waals surface area (Å²) < 4.78 is 50.5. The zero-order valence-corrected chi connectivity index (χ0v) is 14.9. The SMILES string of the molecule is Cc1nc(-c2onc3c2CN(C(=O)Nc2cc(F)c(F)c(F)c2)[C@@H](C)C3)co1. The standard InChI is InChI=1S/C18H15F3N4O3/c1-8-3-14-11(17(28-24-14)15-7-27-9(2)22-15)6-25(8)18(26)23-10-4-12(19)16(21)13(20)5-10/h4-5,7-8H,3,6H2,1-2H3,(H,23,26)/t8-/m0/s1. The molecule has 0 radical (unpaired) electrons. The van der Waals surface area contributed by atoms with Gasteiger partial charge in [0.25, 0.3) is 0 Å². The van der Waals surface area contributed by atoms with Gasteiger partial charge in [0.2, 0.25) is 0 Å². The van der Waals surface area contributed by atoms with E-state index in [2.05, 4.69) is 15.5 Å². The Morgan fingerprint density at radius 3 is 2.64 bits per heavy atom. The minimum atomic E-state index is -1.59. The Hall–Kier alpha value is -3.30. The molecule has 146 valence electrons. The number of benzene rings is 1. The van der Waals surface area contributed by atoms with Crippen molar-refractivity contribution in [2.45, 2.75) is 32.9 Å². The number of nitrogens with one attached hydrogen (secondary N) is 1. The van der Waals surface area contributed by atoms with Gasteiger partial charge in [-0.1, -0.05) is 5.16 Å². The average Bonchev–Trinajstić information content (AvgIpc) is 3.24. The molecule has 3 heterocycles. The van der Waals surface area contributed by atoms with E-state index < -0.39 is 23.5 Å². The zero-order valence-electron chi connectivity index (χ0n) is 14.9. The summed E-state index contributed by atoms with van der Waals surface area (Å²) in [5.41, 5.74) is 1.66. The van der Waals surface area contributed by atoms with Gasteiger partial charge in [-0.25, -0.2) is 22.9 Å². The number of anilines is 1. The molecule has 0 saturated heterocycles. The maximum absolute atomic E-state index is 13.4. The smallest absolute Gasteiger partial charge is 0.322 e. The van der Waals surface area contributed by atoms with E-state index in [4.69, 9.17) is 8.94 Å². The quantitative estimate of drug-likeness (QED) is 0.666. The molecule has 1 aromatic carbocycles. The molecule has 3 aromatic rings. The maximum atomic E-state index is 13.4. The third-order valence-electron chi connectivity index (χ3n) is 4.57. The summed E-state index contributed by atoms with van der Waals surface area (Å²) in [6, 6.07) is 0.602. The average molecular weight is 392 g/mol. The van der Waals surface area contributed by atoms with Gasteiger partial charge in [-0.15, -0.1) is 0 Å². The molecule has 1 aliphatic heterocycles. The highest BCUT2D eigenvalue weighted by Crippen LogP contribution is 2.32. The third-order valence-corrected chi connectivity index (χ3v) is 4.57. The highest BCUT2D eigenvalue weighted by atomic mass is 19.2. The molecular weight excluding hydrogens is 377 g/mol. The second-order valence-corrected chi connectivity index (χ2v) is 6.55. The molecule has 4 rings (SSSR count). The van der Waals surface area contributed by atoms with E-state index in [1.54, 1.807) is 6.92 Å². The van der Waals surface area contributed by atoms with Crippen molar-refractivity contribution in [3.8, 4) is 11.5 Å². The summed E-state index contributed by atoms with van der Waals surface area (Å²) in [6.07, 6.45) is 1.86. The van der Waals surface area contributed by atoms with Crippen molar-refractivity contribution < 1.29 is 26.9 Å². The number of fused-ring (bicyclic) bond motifs is 1. The highest BCUT2D eigenvalue weighted by molar-refractivity contribution is 5.89. The van der Waals surface area contributed by atoms with Crippen LogP contribution in [0, 0.1) is 24.4 Å². The van der Waals surface area contributed by atoms with Crippen LogP contribution in [0.2, 0.25) is 0 Å². The lowest BCUT2D eigenvalue weighted by atomic mass is 9.99. The van der Waals surface area contributed by atoms with Gasteiger partial charge in [0.15, 0.2) is 29.1 Å². The first-order valence-corrected chi connectivity index (χ1v) is 8.45. The minimum absolute atomic E-state index is 0.152. The molecule has 0 bridgehead atoms. The van der Waals surface area contributed by atoms with E-state index in [-0.39, 0.29) is 18.3 Å². The van der Waals surface area contributed by atoms with Gasteiger partial charge in [0.05, 0.1) is 12.2 Å². The van der Waals surface area contributed by atoms with Gasteiger partial charge in [-0.3, -0.25) is 0 Å². The third kappa shape index (κ3) is 3.10. The Balaban J connectivity index is 1.58.